The van der Waals surface area contributed by atoms with Crippen molar-refractivity contribution in [1.82, 2.24) is 4.90 Å². The second-order valence-corrected chi connectivity index (χ2v) is 3.96. The maximum atomic E-state index is 11.1. The first-order valence-corrected chi connectivity index (χ1v) is 5.31. The van der Waals surface area contributed by atoms with Crippen LogP contribution in [0.4, 0.5) is 0 Å². The Labute approximate surface area is 89.3 Å². The molecule has 0 aliphatic carbocycles. The fourth-order valence-corrected chi connectivity index (χ4v) is 2.08. The van der Waals surface area contributed by atoms with E-state index in [0.29, 0.717) is 19.8 Å². The molecule has 0 saturated carbocycles. The number of rotatable bonds is 2. The highest BCUT2D eigenvalue weighted by molar-refractivity contribution is 5.71. The smallest absolute Gasteiger partial charge is 0.319 e. The molecule has 0 radical (unpaired) electrons. The highest BCUT2D eigenvalue weighted by Crippen LogP contribution is 2.30. The average Bonchev–Trinajstić information content (AvgIpc) is 2.70. The summed E-state index contributed by atoms with van der Waals surface area (Å²) < 4.78 is 15.8. The molecule has 15 heavy (non-hydrogen) atoms. The van der Waals surface area contributed by atoms with Crippen LogP contribution in [0.25, 0.3) is 0 Å². The maximum absolute atomic E-state index is 11.1. The summed E-state index contributed by atoms with van der Waals surface area (Å²) in [4.78, 5) is 13.1. The minimum absolute atomic E-state index is 0.181. The summed E-state index contributed by atoms with van der Waals surface area (Å²) in [5.41, 5.74) is 0. The third-order valence-corrected chi connectivity index (χ3v) is 3.01. The van der Waals surface area contributed by atoms with Gasteiger partial charge in [0.25, 0.3) is 0 Å². The largest absolute Gasteiger partial charge is 0.468 e. The molecule has 0 atom stereocenters. The zero-order valence-electron chi connectivity index (χ0n) is 9.03. The van der Waals surface area contributed by atoms with Gasteiger partial charge in [-0.3, -0.25) is 9.69 Å². The first-order chi connectivity index (χ1) is 7.24. The number of hydrogen-bond acceptors (Lipinski definition) is 5. The van der Waals surface area contributed by atoms with Crippen LogP contribution in [0.3, 0.4) is 0 Å². The van der Waals surface area contributed by atoms with Crippen molar-refractivity contribution in [3.8, 4) is 0 Å². The average molecular weight is 215 g/mol. The molecule has 2 fully saturated rings. The first-order valence-electron chi connectivity index (χ1n) is 5.31. The van der Waals surface area contributed by atoms with E-state index in [1.807, 2.05) is 0 Å². The highest BCUT2D eigenvalue weighted by atomic mass is 16.7. The second kappa shape index (κ2) is 4.47. The van der Waals surface area contributed by atoms with E-state index in [9.17, 15) is 4.79 Å². The van der Waals surface area contributed by atoms with E-state index < -0.39 is 0 Å². The van der Waals surface area contributed by atoms with Gasteiger partial charge in [0.15, 0.2) is 5.79 Å². The summed E-state index contributed by atoms with van der Waals surface area (Å²) in [5.74, 6) is -0.536. The SMILES string of the molecule is COC(=O)CN1CCC2(CC1)OCCO2. The molecule has 5 heteroatoms. The van der Waals surface area contributed by atoms with Crippen molar-refractivity contribution in [2.24, 2.45) is 0 Å². The Morgan fingerprint density at radius 1 is 1.33 bits per heavy atom. The van der Waals surface area contributed by atoms with Crippen LogP contribution in [0.15, 0.2) is 0 Å². The predicted molar refractivity (Wildman–Crippen MR) is 52.3 cm³/mol. The number of methoxy groups -OCH3 is 1. The molecule has 0 aromatic heterocycles. The standard InChI is InChI=1S/C10H17NO4/c1-13-9(12)8-11-4-2-10(3-5-11)14-6-7-15-10/h2-8H2,1H3. The molecule has 0 amide bonds. The van der Waals surface area contributed by atoms with Crippen LogP contribution in [0.1, 0.15) is 12.8 Å². The van der Waals surface area contributed by atoms with E-state index in [-0.39, 0.29) is 11.8 Å². The highest BCUT2D eigenvalue weighted by Gasteiger charge is 2.39. The van der Waals surface area contributed by atoms with Crippen LogP contribution in [0.5, 0.6) is 0 Å². The molecule has 86 valence electrons. The molecular formula is C10H17NO4. The lowest BCUT2D eigenvalue weighted by atomic mass is 10.0. The van der Waals surface area contributed by atoms with E-state index in [4.69, 9.17) is 9.47 Å². The van der Waals surface area contributed by atoms with Gasteiger partial charge in [-0.05, 0) is 0 Å². The van der Waals surface area contributed by atoms with Gasteiger partial charge in [0, 0.05) is 25.9 Å². The summed E-state index contributed by atoms with van der Waals surface area (Å²) in [7, 11) is 1.41. The Balaban J connectivity index is 1.79. The van der Waals surface area contributed by atoms with Crippen LogP contribution in [0, 0.1) is 0 Å². The number of carbonyl (C=O) groups is 1. The zero-order valence-corrected chi connectivity index (χ0v) is 9.03. The zero-order chi connectivity index (χ0) is 10.7. The van der Waals surface area contributed by atoms with E-state index in [1.54, 1.807) is 0 Å². The molecule has 2 saturated heterocycles. The number of ether oxygens (including phenoxy) is 3. The van der Waals surface area contributed by atoms with E-state index in [1.165, 1.54) is 7.11 Å². The topological polar surface area (TPSA) is 48.0 Å². The molecule has 5 nitrogen and oxygen atoms in total. The molecule has 0 unspecified atom stereocenters. The number of nitrogens with zero attached hydrogens (tertiary/aromatic N) is 1. The molecule has 2 aliphatic heterocycles. The Hall–Kier alpha value is -0.650. The third-order valence-electron chi connectivity index (χ3n) is 3.01. The van der Waals surface area contributed by atoms with Gasteiger partial charge in [-0.25, -0.2) is 0 Å². The van der Waals surface area contributed by atoms with Gasteiger partial charge in [0.1, 0.15) is 0 Å². The van der Waals surface area contributed by atoms with Crippen LogP contribution in [-0.4, -0.2) is 56.6 Å². The molecule has 1 spiro atoms. The van der Waals surface area contributed by atoms with Crippen molar-refractivity contribution >= 4 is 5.97 Å². The number of hydrogen-bond donors (Lipinski definition) is 0. The van der Waals surface area contributed by atoms with Crippen molar-refractivity contribution < 1.29 is 19.0 Å². The van der Waals surface area contributed by atoms with E-state index in [0.717, 1.165) is 25.9 Å². The van der Waals surface area contributed by atoms with Crippen molar-refractivity contribution in [1.29, 1.82) is 0 Å². The van der Waals surface area contributed by atoms with Gasteiger partial charge in [-0.2, -0.15) is 0 Å². The molecule has 0 aromatic carbocycles. The molecule has 0 N–H and O–H groups in total. The van der Waals surface area contributed by atoms with Gasteiger partial charge in [-0.15, -0.1) is 0 Å². The lowest BCUT2D eigenvalue weighted by molar-refractivity contribution is -0.186. The number of carbonyl (C=O) groups excluding carboxylic acids is 1. The number of likely N-dealkylation sites (tertiary alicyclic amines) is 1. The lowest BCUT2D eigenvalue weighted by Gasteiger charge is -2.36. The minimum Gasteiger partial charge on any atom is -0.468 e. The van der Waals surface area contributed by atoms with E-state index in [2.05, 4.69) is 9.64 Å². The normalized spacial score (nSPS) is 25.7. The predicted octanol–water partition coefficient (Wildman–Crippen LogP) is -0.00170. The van der Waals surface area contributed by atoms with Crippen molar-refractivity contribution in [2.75, 3.05) is 40.0 Å². The van der Waals surface area contributed by atoms with Crippen LogP contribution >= 0.6 is 0 Å². The van der Waals surface area contributed by atoms with Gasteiger partial charge < -0.3 is 14.2 Å². The van der Waals surface area contributed by atoms with Crippen LogP contribution in [-0.2, 0) is 19.0 Å². The summed E-state index contributed by atoms with van der Waals surface area (Å²) in [6.45, 7) is 3.41. The molecule has 2 heterocycles. The Morgan fingerprint density at radius 2 is 1.93 bits per heavy atom. The Bertz CT molecular complexity index is 228. The fourth-order valence-electron chi connectivity index (χ4n) is 2.08. The first kappa shape index (κ1) is 10.9. The van der Waals surface area contributed by atoms with Gasteiger partial charge in [0.05, 0.1) is 26.9 Å². The van der Waals surface area contributed by atoms with E-state index >= 15 is 0 Å². The van der Waals surface area contributed by atoms with Crippen molar-refractivity contribution in [3.63, 3.8) is 0 Å². The lowest BCUT2D eigenvalue weighted by Crippen LogP contribution is -2.46. The second-order valence-electron chi connectivity index (χ2n) is 3.96. The van der Waals surface area contributed by atoms with Crippen molar-refractivity contribution in [2.45, 2.75) is 18.6 Å². The van der Waals surface area contributed by atoms with Crippen LogP contribution < -0.4 is 0 Å². The number of piperidine rings is 1. The number of esters is 1. The minimum atomic E-state index is -0.355. The van der Waals surface area contributed by atoms with Gasteiger partial charge in [-0.1, -0.05) is 0 Å². The maximum Gasteiger partial charge on any atom is 0.319 e. The monoisotopic (exact) mass is 215 g/mol. The molecule has 2 rings (SSSR count). The molecular weight excluding hydrogens is 198 g/mol. The Morgan fingerprint density at radius 3 is 2.47 bits per heavy atom. The van der Waals surface area contributed by atoms with Gasteiger partial charge >= 0.3 is 5.97 Å². The Kier molecular flexibility index (Phi) is 3.23. The summed E-state index contributed by atoms with van der Waals surface area (Å²) in [6, 6.07) is 0. The molecule has 0 bridgehead atoms. The summed E-state index contributed by atoms with van der Waals surface area (Å²) in [6.07, 6.45) is 1.67. The van der Waals surface area contributed by atoms with Crippen molar-refractivity contribution in [3.05, 3.63) is 0 Å². The third kappa shape index (κ3) is 2.48. The summed E-state index contributed by atoms with van der Waals surface area (Å²) in [5, 5.41) is 0. The molecule has 0 aromatic rings. The van der Waals surface area contributed by atoms with Crippen LogP contribution in [0.2, 0.25) is 0 Å². The molecule has 2 aliphatic rings. The van der Waals surface area contributed by atoms with Gasteiger partial charge in [0.2, 0.25) is 0 Å². The quantitative estimate of drug-likeness (QED) is 0.607. The fraction of sp³-hybridized carbons (Fsp3) is 0.900. The summed E-state index contributed by atoms with van der Waals surface area (Å²) >= 11 is 0.